The number of nitriles is 1. The van der Waals surface area contributed by atoms with Crippen molar-refractivity contribution >= 4 is 82.0 Å². The molecule has 11 aromatic rings. The van der Waals surface area contributed by atoms with Gasteiger partial charge in [-0.25, -0.2) is 0 Å². The minimum atomic E-state index is -0.310. The minimum Gasteiger partial charge on any atom is -0.308 e. The number of rotatable bonds is 0. The highest BCUT2D eigenvalue weighted by molar-refractivity contribution is 6.30. The number of carbonyl (C=O) groups excluding carboxylic acids is 1. The molecule has 6 aliphatic carbocycles. The van der Waals surface area contributed by atoms with Gasteiger partial charge >= 0.3 is 0 Å². The molecular weight excluding hydrogens is 803 g/mol. The Morgan fingerprint density at radius 2 is 0.970 bits per heavy atom. The molecule has 0 saturated heterocycles. The maximum Gasteiger partial charge on any atom is 0.169 e. The smallest absolute Gasteiger partial charge is 0.169 e. The van der Waals surface area contributed by atoms with Crippen molar-refractivity contribution in [2.75, 3.05) is 0 Å². The summed E-state index contributed by atoms with van der Waals surface area (Å²) >= 11 is 0. The number of hydrogen-bond acceptors (Lipinski definition) is 2. The van der Waals surface area contributed by atoms with Crippen LogP contribution in [0.5, 0.6) is 0 Å². The van der Waals surface area contributed by atoms with E-state index in [0.717, 1.165) is 47.8 Å². The van der Waals surface area contributed by atoms with Gasteiger partial charge in [-0.05, 0) is 147 Å². The Kier molecular flexibility index (Phi) is 6.51. The van der Waals surface area contributed by atoms with E-state index in [4.69, 9.17) is 0 Å². The Balaban J connectivity index is 1.12. The van der Waals surface area contributed by atoms with Gasteiger partial charge in [0.2, 0.25) is 0 Å². The summed E-state index contributed by atoms with van der Waals surface area (Å²) in [5.74, 6) is 0.364. The molecule has 1 fully saturated rings. The zero-order valence-electron chi connectivity index (χ0n) is 39.0. The monoisotopic (exact) mass is 853 g/mol. The fourth-order valence-corrected chi connectivity index (χ4v) is 14.3. The van der Waals surface area contributed by atoms with Gasteiger partial charge in [-0.3, -0.25) is 4.79 Å². The molecular formula is C62H51N3O. The normalized spacial score (nSPS) is 22.4. The van der Waals surface area contributed by atoms with E-state index in [9.17, 15) is 10.1 Å². The average Bonchev–Trinajstić information content (AvgIpc) is 4.00. The fraction of sp³-hybridized carbons (Fsp3) is 0.290. The van der Waals surface area contributed by atoms with Crippen molar-refractivity contribution in [2.24, 2.45) is 5.41 Å². The lowest BCUT2D eigenvalue weighted by molar-refractivity contribution is 0.0732. The largest absolute Gasteiger partial charge is 0.308 e. The van der Waals surface area contributed by atoms with Crippen molar-refractivity contribution in [3.63, 3.8) is 0 Å². The van der Waals surface area contributed by atoms with Gasteiger partial charge in [0, 0.05) is 65.9 Å². The second-order valence-electron chi connectivity index (χ2n) is 23.6. The molecule has 0 radical (unpaired) electrons. The Labute approximate surface area is 384 Å². The summed E-state index contributed by atoms with van der Waals surface area (Å²) < 4.78 is 5.04. The van der Waals surface area contributed by atoms with Crippen molar-refractivity contribution < 1.29 is 4.79 Å². The van der Waals surface area contributed by atoms with Crippen LogP contribution in [0, 0.1) is 16.7 Å². The van der Waals surface area contributed by atoms with E-state index in [2.05, 4.69) is 173 Å². The summed E-state index contributed by atoms with van der Waals surface area (Å²) in [5, 5.41) is 21.3. The van der Waals surface area contributed by atoms with E-state index in [1.807, 2.05) is 0 Å². The molecule has 1 saturated carbocycles. The number of carbonyl (C=O) groups is 1. The highest BCUT2D eigenvalue weighted by Crippen LogP contribution is 2.60. The molecule has 0 N–H and O–H groups in total. The lowest BCUT2D eigenvalue weighted by Crippen LogP contribution is -2.33. The zero-order chi connectivity index (χ0) is 44.9. The van der Waals surface area contributed by atoms with Gasteiger partial charge < -0.3 is 8.80 Å². The van der Waals surface area contributed by atoms with Crippen LogP contribution in [0.3, 0.4) is 0 Å². The first-order chi connectivity index (χ1) is 31.6. The van der Waals surface area contributed by atoms with Crippen LogP contribution in [0.2, 0.25) is 0 Å². The molecule has 0 spiro atoms. The molecule has 7 aromatic carbocycles. The molecule has 4 nitrogen and oxygen atoms in total. The fourth-order valence-electron chi connectivity index (χ4n) is 14.3. The molecule has 0 aliphatic heterocycles. The first kappa shape index (κ1) is 37.5. The summed E-state index contributed by atoms with van der Waals surface area (Å²) in [6.07, 6.45) is 4.01. The van der Waals surface area contributed by atoms with E-state index in [-0.39, 0.29) is 33.5 Å². The number of aromatic nitrogens is 2. The summed E-state index contributed by atoms with van der Waals surface area (Å²) in [6.45, 7) is 18.6. The molecule has 0 unspecified atom stereocenters. The van der Waals surface area contributed by atoms with E-state index < -0.39 is 0 Å². The van der Waals surface area contributed by atoms with E-state index in [1.54, 1.807) is 0 Å². The van der Waals surface area contributed by atoms with Gasteiger partial charge in [0.1, 0.15) is 0 Å². The summed E-state index contributed by atoms with van der Waals surface area (Å²) in [4.78, 5) is 14.7. The van der Waals surface area contributed by atoms with Crippen LogP contribution in [0.25, 0.3) is 76.2 Å². The predicted molar refractivity (Wildman–Crippen MR) is 271 cm³/mol. The SMILES string of the molecule is CC12CCC(C)(CC1)c1cc3c4cc(C(C)(C)C)cc5c6cc7c(cc6n(c3cc1C2=O)c45)c1cc(C(C)(C)C)cc2c3c4c(c(C#N)cc3n7c12)C1c2ccccc2C4c2ccccc21. The van der Waals surface area contributed by atoms with Crippen LogP contribution in [0.4, 0.5) is 0 Å². The molecule has 320 valence electrons. The van der Waals surface area contributed by atoms with Crippen LogP contribution in [0.15, 0.2) is 103 Å². The van der Waals surface area contributed by atoms with Crippen LogP contribution < -0.4 is 0 Å². The molecule has 4 bridgehead atoms. The molecule has 4 heterocycles. The maximum absolute atomic E-state index is 14.7. The highest BCUT2D eigenvalue weighted by atomic mass is 16.1. The average molecular weight is 854 g/mol. The second-order valence-corrected chi connectivity index (χ2v) is 23.6. The van der Waals surface area contributed by atoms with Gasteiger partial charge in [-0.2, -0.15) is 5.26 Å². The lowest BCUT2D eigenvalue weighted by atomic mass is 9.59. The number of benzene rings is 7. The van der Waals surface area contributed by atoms with Gasteiger partial charge in [0.05, 0.1) is 44.7 Å². The third-order valence-electron chi connectivity index (χ3n) is 18.0. The summed E-state index contributed by atoms with van der Waals surface area (Å²) in [6, 6.07) is 42.5. The van der Waals surface area contributed by atoms with Gasteiger partial charge in [-0.1, -0.05) is 104 Å². The van der Waals surface area contributed by atoms with Gasteiger partial charge in [0.15, 0.2) is 5.78 Å². The second kappa shape index (κ2) is 11.4. The molecule has 66 heavy (non-hydrogen) atoms. The zero-order valence-corrected chi connectivity index (χ0v) is 39.0. The molecule has 4 heteroatoms. The van der Waals surface area contributed by atoms with E-state index >= 15 is 0 Å². The highest BCUT2D eigenvalue weighted by Gasteiger charge is 2.49. The number of nitrogens with zero attached hydrogens (tertiary/aromatic N) is 3. The van der Waals surface area contributed by atoms with Gasteiger partial charge in [-0.15, -0.1) is 0 Å². The molecule has 4 aromatic heterocycles. The Hall–Kier alpha value is -6.70. The Morgan fingerprint density at radius 3 is 1.48 bits per heavy atom. The van der Waals surface area contributed by atoms with Crippen molar-refractivity contribution in [2.45, 2.75) is 109 Å². The van der Waals surface area contributed by atoms with Crippen molar-refractivity contribution in [3.8, 4) is 6.07 Å². The number of Topliss-reactive ketones (excluding diaryl/α,β-unsaturated/α-hetero) is 1. The quantitative estimate of drug-likeness (QED) is 0.153. The van der Waals surface area contributed by atoms with E-state index in [1.165, 1.54) is 115 Å². The molecule has 0 atom stereocenters. The third-order valence-corrected chi connectivity index (χ3v) is 18.0. The molecule has 17 rings (SSSR count). The number of fused-ring (bicyclic) bond motifs is 14. The minimum absolute atomic E-state index is 0.00635. The van der Waals surface area contributed by atoms with Crippen LogP contribution in [-0.2, 0) is 16.2 Å². The number of ketones is 1. The van der Waals surface area contributed by atoms with Crippen molar-refractivity contribution in [1.29, 1.82) is 5.26 Å². The van der Waals surface area contributed by atoms with E-state index in [0.29, 0.717) is 5.78 Å². The summed E-state index contributed by atoms with van der Waals surface area (Å²) in [5.41, 5.74) is 20.0. The van der Waals surface area contributed by atoms with Crippen LogP contribution in [0.1, 0.15) is 159 Å². The Morgan fingerprint density at radius 1 is 0.530 bits per heavy atom. The molecule has 0 amide bonds. The van der Waals surface area contributed by atoms with Gasteiger partial charge in [0.25, 0.3) is 0 Å². The Bertz CT molecular complexity index is 4090. The lowest BCUT2D eigenvalue weighted by Gasteiger charge is -2.43. The predicted octanol–water partition coefficient (Wildman–Crippen LogP) is 15.5. The first-order valence-corrected chi connectivity index (χ1v) is 24.3. The molecule has 6 aliphatic rings. The number of hydrogen-bond donors (Lipinski definition) is 0. The van der Waals surface area contributed by atoms with Crippen LogP contribution in [-0.4, -0.2) is 14.6 Å². The topological polar surface area (TPSA) is 49.7 Å². The van der Waals surface area contributed by atoms with Crippen LogP contribution >= 0.6 is 0 Å². The van der Waals surface area contributed by atoms with Crippen molar-refractivity contribution in [1.82, 2.24) is 8.80 Å². The first-order valence-electron chi connectivity index (χ1n) is 24.3. The van der Waals surface area contributed by atoms with Crippen molar-refractivity contribution in [3.05, 3.63) is 164 Å². The summed E-state index contributed by atoms with van der Waals surface area (Å²) in [7, 11) is 0. The third kappa shape index (κ3) is 4.23. The maximum atomic E-state index is 14.7. The standard InChI is InChI=1S/C62H51N3O/c1-59(2,3)32-22-41-38-26-46-44(58(66)62(8)19-17-61(46,7)18-20-62)29-49(38)64-47-27-40-43-24-33(60(4,5)6)25-45-54-50(65(57(43)45)48(40)28-39(47)42(23-32)56(41)64)21-31(30-63)51-52-34-13-9-11-15-36(34)53(55(51)54)37-16-12-10-14-35(37)52/h9-16,21-29,52-53H,17-20H2,1-8H3.